The number of carbonyl (C=O) groups excluding carboxylic acids is 1. The molecule has 0 aliphatic carbocycles. The van der Waals surface area contributed by atoms with E-state index in [-0.39, 0.29) is 20.8 Å². The number of hydrogen-bond donors (Lipinski definition) is 2. The van der Waals surface area contributed by atoms with Gasteiger partial charge < -0.3 is 15.3 Å². The van der Waals surface area contributed by atoms with Gasteiger partial charge in [-0.2, -0.15) is 0 Å². The van der Waals surface area contributed by atoms with E-state index in [2.05, 4.69) is 5.11 Å². The molecule has 1 saturated heterocycles. The second kappa shape index (κ2) is 8.63. The Kier molecular flexibility index (Phi) is 1.98. The van der Waals surface area contributed by atoms with Crippen molar-refractivity contribution in [2.45, 2.75) is 45.3 Å². The van der Waals surface area contributed by atoms with Crippen molar-refractivity contribution in [2.75, 3.05) is 26.0 Å². The van der Waals surface area contributed by atoms with Crippen LogP contribution >= 0.6 is 22.9 Å². The fourth-order valence-electron chi connectivity index (χ4n) is 2.12. The van der Waals surface area contributed by atoms with Crippen molar-refractivity contribution in [3.05, 3.63) is 26.3 Å². The lowest BCUT2D eigenvalue weighted by molar-refractivity contribution is 0.0946. The van der Waals surface area contributed by atoms with Crippen LogP contribution in [-0.4, -0.2) is 47.9 Å². The SMILES string of the molecule is [2H]Oc1c(C(=O)N([2H])C([2H])CC([2H])N2C([2H])([2H])C([2H])([2H])C([2H])([2H])C([2H])([2H])C2([2H])[2H])c(=O)n(C([2H])(C([2H])([2H])[2H])C([2H])([2H])[2H])c2sc(Cl)c([2H])c12. The first-order valence-electron chi connectivity index (χ1n) is 18.1. The molecule has 0 aromatic carbocycles. The highest BCUT2D eigenvalue weighted by molar-refractivity contribution is 7.22. The molecule has 8 heteroatoms. The van der Waals surface area contributed by atoms with Gasteiger partial charge in [0.1, 0.15) is 16.1 Å². The Morgan fingerprint density at radius 2 is 2.41 bits per heavy atom. The normalized spacial score (nSPS) is 40.3. The molecular formula is C19H26ClN3O3S. The van der Waals surface area contributed by atoms with Gasteiger partial charge in [0.25, 0.3) is 12.9 Å². The van der Waals surface area contributed by atoms with E-state index in [1.54, 1.807) is 0 Å². The van der Waals surface area contributed by atoms with Gasteiger partial charge in [-0.1, -0.05) is 18.0 Å². The van der Waals surface area contributed by atoms with E-state index in [1.165, 1.54) is 0 Å². The summed E-state index contributed by atoms with van der Waals surface area (Å²) in [5, 5.41) is 3.14. The van der Waals surface area contributed by atoms with Crippen LogP contribution in [0.1, 0.15) is 83.0 Å². The highest BCUT2D eigenvalue weighted by Gasteiger charge is 2.24. The van der Waals surface area contributed by atoms with Crippen molar-refractivity contribution in [3.63, 3.8) is 0 Å². The van der Waals surface area contributed by atoms with Gasteiger partial charge in [-0.3, -0.25) is 14.2 Å². The maximum absolute atomic E-state index is 13.9. The number of thiophene rings is 1. The van der Waals surface area contributed by atoms with E-state index in [9.17, 15) is 9.59 Å². The minimum atomic E-state index is -3.90. The molecule has 2 aromatic heterocycles. The lowest BCUT2D eigenvalue weighted by Crippen LogP contribution is -2.36. The minimum Gasteiger partial charge on any atom is -0.506 e. The fourth-order valence-corrected chi connectivity index (χ4v) is 3.27. The highest BCUT2D eigenvalue weighted by atomic mass is 35.5. The van der Waals surface area contributed by atoms with Gasteiger partial charge in [0.2, 0.25) is 0 Å². The highest BCUT2D eigenvalue weighted by Crippen LogP contribution is 2.36. The van der Waals surface area contributed by atoms with Crippen LogP contribution in [0.3, 0.4) is 0 Å². The second-order valence-electron chi connectivity index (χ2n) is 4.88. The van der Waals surface area contributed by atoms with Crippen LogP contribution < -0.4 is 10.9 Å². The lowest BCUT2D eigenvalue weighted by atomic mass is 10.1. The summed E-state index contributed by atoms with van der Waals surface area (Å²) >= 11 is 6.22. The van der Waals surface area contributed by atoms with Gasteiger partial charge in [0, 0.05) is 37.2 Å². The third-order valence-electron chi connectivity index (χ3n) is 3.21. The average Bonchev–Trinajstić information content (AvgIpc) is 3.21. The number of amides is 1. The molecule has 27 heavy (non-hydrogen) atoms. The summed E-state index contributed by atoms with van der Waals surface area (Å²) in [4.78, 5) is 26.4. The molecular weight excluding hydrogens is 386 g/mol. The molecule has 0 radical (unpaired) electrons. The summed E-state index contributed by atoms with van der Waals surface area (Å²) in [7, 11) is 0. The summed E-state index contributed by atoms with van der Waals surface area (Å²) in [5.41, 5.74) is -3.51. The van der Waals surface area contributed by atoms with Crippen molar-refractivity contribution < 1.29 is 38.7 Å². The van der Waals surface area contributed by atoms with Gasteiger partial charge in [-0.15, -0.1) is 11.3 Å². The topological polar surface area (TPSA) is 74.6 Å². The number of carbonyl (C=O) groups is 1. The van der Waals surface area contributed by atoms with Gasteiger partial charge in [0.15, 0.2) is 1.41 Å². The molecule has 148 valence electrons. The molecule has 6 nitrogen and oxygen atoms in total. The molecule has 1 fully saturated rings. The van der Waals surface area contributed by atoms with Crippen LogP contribution in [0.5, 0.6) is 5.75 Å². The number of likely N-dealkylation sites (tertiary alicyclic amines) is 1. The molecule has 1 aliphatic rings. The number of aromatic nitrogens is 1. The van der Waals surface area contributed by atoms with Crippen LogP contribution in [0.4, 0.5) is 0 Å². The number of hydrogen-bond acceptors (Lipinski definition) is 5. The molecule has 2 N–H and O–H groups in total. The molecule has 2 atom stereocenters. The van der Waals surface area contributed by atoms with Crippen LogP contribution in [0.25, 0.3) is 10.2 Å². The van der Waals surface area contributed by atoms with E-state index in [1.807, 2.05) is 0 Å². The lowest BCUT2D eigenvalue weighted by Gasteiger charge is -2.26. The Labute approximate surface area is 198 Å². The third-order valence-corrected chi connectivity index (χ3v) is 4.40. The number of nitrogens with zero attached hydrogens (tertiary/aromatic N) is 2. The zero-order chi connectivity index (χ0) is 38.6. The van der Waals surface area contributed by atoms with Gasteiger partial charge in [-0.25, -0.2) is 0 Å². The number of halogens is 1. The summed E-state index contributed by atoms with van der Waals surface area (Å²) in [6, 6.07) is -4.73. The van der Waals surface area contributed by atoms with E-state index < -0.39 is 120 Å². The number of piperidine rings is 1. The number of pyridine rings is 1. The zero-order valence-electron chi connectivity index (χ0n) is 35.2. The standard InChI is InChI=1S/C19H26ClN3O3S/c1-12(2)23-18(26)15(16(24)13-11-14(20)27-19(13)23)17(25)21-7-6-10-22-8-4-3-5-9-22/h11-12,24H,3-10H2,1-2H3,(H,21,25)/i1D3,2D3,3D2,4D2,5D2,7D,8D2,9D2,10D,11D,12D/hD2. The first kappa shape index (κ1) is 6.21. The number of aromatic hydroxyl groups is 1. The Morgan fingerprint density at radius 1 is 1.63 bits per heavy atom. The molecule has 0 spiro atoms. The molecule has 0 saturated carbocycles. The van der Waals surface area contributed by atoms with Crippen molar-refractivity contribution in [1.29, 1.82) is 1.43 Å². The van der Waals surface area contributed by atoms with E-state index in [4.69, 9.17) is 41.9 Å². The molecule has 2 unspecified atom stereocenters. The van der Waals surface area contributed by atoms with E-state index >= 15 is 0 Å². The van der Waals surface area contributed by atoms with Gasteiger partial charge in [-0.05, 0) is 58.4 Å². The average molecular weight is 434 g/mol. The van der Waals surface area contributed by atoms with Gasteiger partial charge >= 0.3 is 0 Å². The summed E-state index contributed by atoms with van der Waals surface area (Å²) < 4.78 is 176. The van der Waals surface area contributed by atoms with Crippen molar-refractivity contribution in [1.82, 2.24) is 14.8 Å². The smallest absolute Gasteiger partial charge is 0.293 e. The maximum atomic E-state index is 13.9. The monoisotopic (exact) mass is 433 g/mol. The van der Waals surface area contributed by atoms with Crippen LogP contribution in [0.15, 0.2) is 10.8 Å². The summed E-state index contributed by atoms with van der Waals surface area (Å²) in [6.07, 6.45) is -12.9. The Morgan fingerprint density at radius 3 is 3.11 bits per heavy atom. The number of fused-ring (bicyclic) bond motifs is 1. The van der Waals surface area contributed by atoms with E-state index in [0.717, 1.165) is 0 Å². The molecule has 3 heterocycles. The molecule has 2 aromatic rings. The second-order valence-corrected chi connectivity index (χ2v) is 6.48. The van der Waals surface area contributed by atoms with Crippen molar-refractivity contribution in [3.8, 4) is 5.75 Å². The van der Waals surface area contributed by atoms with Crippen LogP contribution in [0, 0.1) is 0 Å². The zero-order valence-corrected chi connectivity index (χ0v) is 14.8. The summed E-state index contributed by atoms with van der Waals surface area (Å²) in [5.74, 6) is -3.16. The molecule has 1 aliphatic heterocycles. The summed E-state index contributed by atoms with van der Waals surface area (Å²) in [6.45, 7) is -20.4. The quantitative estimate of drug-likeness (QED) is 0.699. The number of rotatable bonds is 7. The predicted molar refractivity (Wildman–Crippen MR) is 110 cm³/mol. The maximum Gasteiger partial charge on any atom is 0.293 e. The molecule has 3 rings (SSSR count). The van der Waals surface area contributed by atoms with Gasteiger partial charge in [0.05, 0.1) is 12.5 Å². The molecule has 1 amide bonds. The minimum absolute atomic E-state index is 0.193. The third kappa shape index (κ3) is 4.31. The van der Waals surface area contributed by atoms with Crippen molar-refractivity contribution >= 4 is 39.1 Å². The predicted octanol–water partition coefficient (Wildman–Crippen LogP) is 3.61. The van der Waals surface area contributed by atoms with Crippen LogP contribution in [-0.2, 0) is 0 Å². The first-order chi connectivity index (χ1) is 21.7. The van der Waals surface area contributed by atoms with Crippen LogP contribution in [0.2, 0.25) is 5.75 Å². The number of nitrogens with one attached hydrogen (secondary N) is 1. The van der Waals surface area contributed by atoms with Crippen molar-refractivity contribution in [2.24, 2.45) is 0 Å². The fraction of sp³-hybridized carbons (Fsp3) is 0.579. The molecule has 0 bridgehead atoms. The Hall–Kier alpha value is -1.57. The Balaban J connectivity index is 2.23. The Bertz CT molecular complexity index is 1660. The van der Waals surface area contributed by atoms with E-state index in [0.29, 0.717) is 0 Å². The largest absolute Gasteiger partial charge is 0.506 e. The first-order valence-corrected chi connectivity index (χ1v) is 8.33.